The molecule has 166 valence electrons. The molecule has 0 unspecified atom stereocenters. The van der Waals surface area contributed by atoms with Gasteiger partial charge in [-0.1, -0.05) is 12.1 Å². The van der Waals surface area contributed by atoms with E-state index in [2.05, 4.69) is 19.4 Å². The second kappa shape index (κ2) is 9.91. The van der Waals surface area contributed by atoms with Crippen LogP contribution in [0.25, 0.3) is 6.08 Å². The number of ketones is 1. The lowest BCUT2D eigenvalue weighted by molar-refractivity contribution is -0.721. The molecule has 0 aromatic heterocycles. The summed E-state index contributed by atoms with van der Waals surface area (Å²) in [5, 5.41) is 37.1. The molecular weight excluding hydrogens is 444 g/mol. The first-order valence-corrected chi connectivity index (χ1v) is 7.85. The third-order valence-corrected chi connectivity index (χ3v) is 3.31. The molecule has 0 aliphatic carbocycles. The molecule has 0 saturated carbocycles. The predicted octanol–water partition coefficient (Wildman–Crippen LogP) is 1.86. The maximum Gasteiger partial charge on any atom is 0.299 e. The van der Waals surface area contributed by atoms with E-state index < -0.39 is 49.1 Å². The average Bonchev–Trinajstić information content (AvgIpc) is 2.66. The Hall–Kier alpha value is -5.35. The van der Waals surface area contributed by atoms with Gasteiger partial charge in [0.2, 0.25) is 0 Å². The molecule has 0 aliphatic heterocycles. The van der Waals surface area contributed by atoms with Crippen molar-refractivity contribution >= 4 is 11.9 Å². The van der Waals surface area contributed by atoms with Gasteiger partial charge in [0.05, 0.1) is 5.56 Å². The molecule has 0 radical (unpaired) electrons. The van der Waals surface area contributed by atoms with E-state index in [1.807, 2.05) is 0 Å². The number of hydrogen-bond acceptors (Lipinski definition) is 13. The van der Waals surface area contributed by atoms with E-state index in [1.165, 1.54) is 6.07 Å². The van der Waals surface area contributed by atoms with E-state index in [4.69, 9.17) is 0 Å². The fraction of sp³-hybridized carbons (Fsp3) is 0. The first-order chi connectivity index (χ1) is 15.0. The van der Waals surface area contributed by atoms with Crippen molar-refractivity contribution < 1.29 is 44.5 Å². The number of carbonyl (C=O) groups excluding carboxylic acids is 1. The molecule has 0 heterocycles. The van der Waals surface area contributed by atoms with Crippen molar-refractivity contribution in [2.75, 3.05) is 0 Å². The van der Waals surface area contributed by atoms with E-state index in [-0.39, 0.29) is 11.1 Å². The van der Waals surface area contributed by atoms with E-state index in [0.29, 0.717) is 0 Å². The van der Waals surface area contributed by atoms with E-state index in [0.717, 1.165) is 42.5 Å². The minimum absolute atomic E-state index is 0.0935. The molecule has 2 rings (SSSR count). The summed E-state index contributed by atoms with van der Waals surface area (Å²) in [6.07, 6.45) is 1.98. The maximum absolute atomic E-state index is 12.4. The van der Waals surface area contributed by atoms with Gasteiger partial charge in [-0.3, -0.25) is 24.1 Å². The Kier molecular flexibility index (Phi) is 7.11. The van der Waals surface area contributed by atoms with Crippen molar-refractivity contribution in [3.05, 3.63) is 94.1 Å². The monoisotopic (exact) mass is 452 g/mol. The molecule has 2 aromatic carbocycles. The smallest absolute Gasteiger partial charge is 0.289 e. The molecule has 0 fully saturated rings. The summed E-state index contributed by atoms with van der Waals surface area (Å²) in [7, 11) is 0. The number of benzene rings is 2. The molecule has 32 heavy (non-hydrogen) atoms. The predicted molar refractivity (Wildman–Crippen MR) is 96.7 cm³/mol. The second-order valence-corrected chi connectivity index (χ2v) is 5.32. The van der Waals surface area contributed by atoms with Crippen LogP contribution in [-0.2, 0) is 0 Å². The SMILES string of the molecule is O=C(/C=C/c1ccc(O[N+](=O)[O-])c(O[N+](=O)[O-])c1)c1ccc(O[N+](=O)[O-])cc1O[N+](=O)[O-]. The molecule has 0 bridgehead atoms. The topological polar surface area (TPSA) is 227 Å². The summed E-state index contributed by atoms with van der Waals surface area (Å²) in [6.45, 7) is 0. The molecule has 0 spiro atoms. The van der Waals surface area contributed by atoms with Crippen molar-refractivity contribution in [2.24, 2.45) is 0 Å². The third kappa shape index (κ3) is 6.62. The van der Waals surface area contributed by atoms with Crippen molar-refractivity contribution in [1.82, 2.24) is 0 Å². The normalized spacial score (nSPS) is 10.2. The highest BCUT2D eigenvalue weighted by molar-refractivity contribution is 6.08. The first-order valence-electron chi connectivity index (χ1n) is 7.85. The number of carbonyl (C=O) groups is 1. The van der Waals surface area contributed by atoms with Crippen molar-refractivity contribution in [3.63, 3.8) is 0 Å². The fourth-order valence-electron chi connectivity index (χ4n) is 2.20. The highest BCUT2D eigenvalue weighted by atomic mass is 17.0. The van der Waals surface area contributed by atoms with Gasteiger partial charge in [-0.25, -0.2) is 0 Å². The van der Waals surface area contributed by atoms with Crippen LogP contribution in [0.4, 0.5) is 0 Å². The van der Waals surface area contributed by atoms with Crippen LogP contribution < -0.4 is 19.4 Å². The number of hydrogen-bond donors (Lipinski definition) is 0. The Balaban J connectivity index is 2.34. The lowest BCUT2D eigenvalue weighted by Crippen LogP contribution is -2.10. The second-order valence-electron chi connectivity index (χ2n) is 5.32. The molecule has 0 N–H and O–H groups in total. The van der Waals surface area contributed by atoms with Crippen LogP contribution >= 0.6 is 0 Å². The average molecular weight is 452 g/mol. The summed E-state index contributed by atoms with van der Waals surface area (Å²) in [6, 6.07) is 5.82. The van der Waals surface area contributed by atoms with Gasteiger partial charge in [-0.15, -0.1) is 40.5 Å². The van der Waals surface area contributed by atoms with Crippen LogP contribution in [0.2, 0.25) is 0 Å². The van der Waals surface area contributed by atoms with Crippen LogP contribution in [-0.4, -0.2) is 26.1 Å². The van der Waals surface area contributed by atoms with E-state index in [1.54, 1.807) is 0 Å². The fourth-order valence-corrected chi connectivity index (χ4v) is 2.20. The van der Waals surface area contributed by atoms with E-state index in [9.17, 15) is 45.3 Å². The first kappa shape index (κ1) is 22.9. The number of rotatable bonds is 11. The Morgan fingerprint density at radius 3 is 1.84 bits per heavy atom. The quantitative estimate of drug-likeness (QED) is 0.205. The molecule has 17 nitrogen and oxygen atoms in total. The van der Waals surface area contributed by atoms with Crippen LogP contribution in [0.5, 0.6) is 23.0 Å². The summed E-state index contributed by atoms with van der Waals surface area (Å²) in [5.74, 6) is -3.19. The number of nitrogens with zero attached hydrogens (tertiary/aromatic N) is 4. The maximum atomic E-state index is 12.4. The summed E-state index contributed by atoms with van der Waals surface area (Å²) < 4.78 is 0. The van der Waals surface area contributed by atoms with Gasteiger partial charge >= 0.3 is 0 Å². The molecule has 0 amide bonds. The molecular formula is C15H8N4O13. The zero-order valence-corrected chi connectivity index (χ0v) is 15.2. The van der Waals surface area contributed by atoms with Gasteiger partial charge in [0.1, 0.15) is 11.5 Å². The highest BCUT2D eigenvalue weighted by Gasteiger charge is 2.16. The summed E-state index contributed by atoms with van der Waals surface area (Å²) >= 11 is 0. The van der Waals surface area contributed by atoms with Crippen LogP contribution in [0.1, 0.15) is 15.9 Å². The largest absolute Gasteiger partial charge is 0.299 e. The van der Waals surface area contributed by atoms with Crippen molar-refractivity contribution in [1.29, 1.82) is 0 Å². The minimum atomic E-state index is -1.25. The van der Waals surface area contributed by atoms with Crippen LogP contribution in [0, 0.1) is 40.5 Å². The van der Waals surface area contributed by atoms with Gasteiger partial charge in [0.15, 0.2) is 17.3 Å². The Bertz CT molecular complexity index is 1130. The molecule has 17 heteroatoms. The van der Waals surface area contributed by atoms with Crippen molar-refractivity contribution in [2.45, 2.75) is 0 Å². The zero-order chi connectivity index (χ0) is 23.8. The van der Waals surface area contributed by atoms with E-state index >= 15 is 0 Å². The van der Waals surface area contributed by atoms with Gasteiger partial charge in [0.25, 0.3) is 20.3 Å². The molecule has 2 aromatic rings. The Labute approximate surface area is 174 Å². The Morgan fingerprint density at radius 1 is 0.688 bits per heavy atom. The van der Waals surface area contributed by atoms with Gasteiger partial charge in [-0.2, -0.15) is 0 Å². The lowest BCUT2D eigenvalue weighted by Gasteiger charge is -2.07. The summed E-state index contributed by atoms with van der Waals surface area (Å²) in [4.78, 5) is 71.2. The van der Waals surface area contributed by atoms with Crippen molar-refractivity contribution in [3.8, 4) is 23.0 Å². The molecule has 0 aliphatic rings. The molecule has 0 saturated heterocycles. The minimum Gasteiger partial charge on any atom is -0.289 e. The Morgan fingerprint density at radius 2 is 1.25 bits per heavy atom. The van der Waals surface area contributed by atoms with Gasteiger partial charge in [0, 0.05) is 0 Å². The standard InChI is InChI=1S/C15H8N4O13/c20-12(11-4-3-10(29-16(21)22)8-14(11)31-18(25)26)5-1-9-2-6-13(30-17(23)24)15(7-9)32-19(27)28/h1-8H/b5-1+. The lowest BCUT2D eigenvalue weighted by atomic mass is 10.1. The van der Waals surface area contributed by atoms with Crippen LogP contribution in [0.15, 0.2) is 42.5 Å². The van der Waals surface area contributed by atoms with Gasteiger partial charge < -0.3 is 0 Å². The zero-order valence-electron chi connectivity index (χ0n) is 15.2. The highest BCUT2D eigenvalue weighted by Crippen LogP contribution is 2.30. The number of allylic oxidation sites excluding steroid dienone is 1. The van der Waals surface area contributed by atoms with Crippen LogP contribution in [0.3, 0.4) is 0 Å². The third-order valence-electron chi connectivity index (χ3n) is 3.31. The summed E-state index contributed by atoms with van der Waals surface area (Å²) in [5.41, 5.74) is -0.278. The van der Waals surface area contributed by atoms with Gasteiger partial charge in [-0.05, 0) is 42.0 Å². The molecule has 0 atom stereocenters.